The second-order valence-corrected chi connectivity index (χ2v) is 7.41. The summed E-state index contributed by atoms with van der Waals surface area (Å²) >= 11 is 3.55. The third kappa shape index (κ3) is 3.62. The van der Waals surface area contributed by atoms with Crippen LogP contribution in [-0.4, -0.2) is 20.2 Å². The van der Waals surface area contributed by atoms with Gasteiger partial charge in [0.15, 0.2) is 0 Å². The van der Waals surface area contributed by atoms with E-state index >= 15 is 0 Å². The first-order valence-electron chi connectivity index (χ1n) is 9.27. The van der Waals surface area contributed by atoms with Crippen LogP contribution in [0.25, 0.3) is 22.5 Å². The zero-order valence-electron chi connectivity index (χ0n) is 15.9. The molecule has 1 heterocycles. The summed E-state index contributed by atoms with van der Waals surface area (Å²) in [5.74, 6) is 0.641. The fourth-order valence-electron chi connectivity index (χ4n) is 3.41. The van der Waals surface area contributed by atoms with Gasteiger partial charge in [-0.1, -0.05) is 82.7 Å². The summed E-state index contributed by atoms with van der Waals surface area (Å²) in [5.41, 5.74) is 6.84. The molecule has 1 unspecified atom stereocenters. The summed E-state index contributed by atoms with van der Waals surface area (Å²) in [4.78, 5) is 1.70. The lowest BCUT2D eigenvalue weighted by Gasteiger charge is -2.13. The average molecular weight is 433 g/mol. The summed E-state index contributed by atoms with van der Waals surface area (Å²) in [6.45, 7) is 4.21. The third-order valence-corrected chi connectivity index (χ3v) is 5.62. The predicted molar refractivity (Wildman–Crippen MR) is 116 cm³/mol. The van der Waals surface area contributed by atoms with Crippen LogP contribution in [0.2, 0.25) is 0 Å². The number of nitrogens with zero attached hydrogens (tertiary/aromatic N) is 4. The fourth-order valence-corrected chi connectivity index (χ4v) is 3.75. The van der Waals surface area contributed by atoms with Crippen molar-refractivity contribution in [2.45, 2.75) is 25.2 Å². The molecule has 4 rings (SSSR count). The zero-order valence-corrected chi connectivity index (χ0v) is 17.5. The second-order valence-electron chi connectivity index (χ2n) is 6.85. The van der Waals surface area contributed by atoms with Gasteiger partial charge in [0.05, 0.1) is 6.04 Å². The van der Waals surface area contributed by atoms with Crippen LogP contribution in [-0.2, 0) is 5.33 Å². The molecule has 0 fully saturated rings. The highest BCUT2D eigenvalue weighted by Crippen LogP contribution is 2.32. The van der Waals surface area contributed by atoms with Gasteiger partial charge >= 0.3 is 0 Å². The highest BCUT2D eigenvalue weighted by molar-refractivity contribution is 9.08. The molecular formula is C23H21BrN4. The Morgan fingerprint density at radius 2 is 1.68 bits per heavy atom. The van der Waals surface area contributed by atoms with Gasteiger partial charge in [0.2, 0.25) is 5.82 Å². The van der Waals surface area contributed by atoms with Crippen LogP contribution in [0.4, 0.5) is 0 Å². The van der Waals surface area contributed by atoms with Crippen molar-refractivity contribution in [1.82, 2.24) is 20.2 Å². The summed E-state index contributed by atoms with van der Waals surface area (Å²) in [7, 11) is 0. The number of halogens is 1. The Labute approximate surface area is 173 Å². The molecule has 4 nitrogen and oxygen atoms in total. The van der Waals surface area contributed by atoms with Crippen LogP contribution in [0.1, 0.15) is 29.7 Å². The number of alkyl halides is 1. The van der Waals surface area contributed by atoms with Crippen LogP contribution in [0.3, 0.4) is 0 Å². The summed E-state index contributed by atoms with van der Waals surface area (Å²) in [5, 5.41) is 14.3. The van der Waals surface area contributed by atoms with Crippen molar-refractivity contribution in [3.05, 3.63) is 89.5 Å². The minimum Gasteiger partial charge on any atom is -0.156 e. The summed E-state index contributed by atoms with van der Waals surface area (Å²) in [6, 6.07) is 25.0. The molecule has 5 heteroatoms. The average Bonchev–Trinajstić information content (AvgIpc) is 3.24. The molecule has 1 atom stereocenters. The molecule has 0 aliphatic heterocycles. The molecule has 0 saturated heterocycles. The van der Waals surface area contributed by atoms with Gasteiger partial charge in [-0.2, -0.15) is 4.80 Å². The Hall–Kier alpha value is -2.79. The van der Waals surface area contributed by atoms with E-state index in [1.165, 1.54) is 16.7 Å². The lowest BCUT2D eigenvalue weighted by molar-refractivity contribution is 0.479. The number of rotatable bonds is 5. The molecule has 140 valence electrons. The van der Waals surface area contributed by atoms with Crippen LogP contribution in [0.15, 0.2) is 72.8 Å². The van der Waals surface area contributed by atoms with Crippen molar-refractivity contribution in [3.63, 3.8) is 0 Å². The quantitative estimate of drug-likeness (QED) is 0.373. The van der Waals surface area contributed by atoms with Crippen molar-refractivity contribution >= 4 is 15.9 Å². The molecule has 4 aromatic rings. The summed E-state index contributed by atoms with van der Waals surface area (Å²) in [6.07, 6.45) is 0. The monoisotopic (exact) mass is 432 g/mol. The van der Waals surface area contributed by atoms with Crippen molar-refractivity contribution in [2.24, 2.45) is 0 Å². The number of tetrazole rings is 1. The summed E-state index contributed by atoms with van der Waals surface area (Å²) < 4.78 is 0. The number of hydrogen-bond donors (Lipinski definition) is 0. The molecule has 3 aromatic carbocycles. The molecule has 0 bridgehead atoms. The number of hydrogen-bond acceptors (Lipinski definition) is 3. The molecule has 0 saturated carbocycles. The van der Waals surface area contributed by atoms with E-state index in [-0.39, 0.29) is 6.04 Å². The fraction of sp³-hybridized carbons (Fsp3) is 0.174. The largest absolute Gasteiger partial charge is 0.205 e. The number of aryl methyl sites for hydroxylation is 1. The highest BCUT2D eigenvalue weighted by atomic mass is 79.9. The maximum Gasteiger partial charge on any atom is 0.205 e. The molecule has 0 radical (unpaired) electrons. The van der Waals surface area contributed by atoms with Crippen LogP contribution in [0.5, 0.6) is 0 Å². The molecule has 0 aliphatic rings. The molecule has 0 spiro atoms. The molecule has 1 aromatic heterocycles. The smallest absolute Gasteiger partial charge is 0.156 e. The van der Waals surface area contributed by atoms with Gasteiger partial charge in [0, 0.05) is 10.9 Å². The first-order valence-corrected chi connectivity index (χ1v) is 10.4. The standard InChI is InChI=1S/C23H21BrN4/c1-16-8-6-7-11-20(16)17(2)28-26-23(25-27-28)22-14-18(15-24)12-13-21(22)19-9-4-3-5-10-19/h3-14,17H,15H2,1-2H3. The highest BCUT2D eigenvalue weighted by Gasteiger charge is 2.17. The number of aromatic nitrogens is 4. The lowest BCUT2D eigenvalue weighted by atomic mass is 9.97. The Kier molecular flexibility index (Phi) is 5.35. The number of benzene rings is 3. The Morgan fingerprint density at radius 3 is 2.43 bits per heavy atom. The maximum atomic E-state index is 4.74. The van der Waals surface area contributed by atoms with Crippen molar-refractivity contribution in [2.75, 3.05) is 0 Å². The molecule has 0 amide bonds. The van der Waals surface area contributed by atoms with Gasteiger partial charge in [-0.05, 0) is 52.9 Å². The topological polar surface area (TPSA) is 43.6 Å². The van der Waals surface area contributed by atoms with E-state index in [4.69, 9.17) is 5.10 Å². The van der Waals surface area contributed by atoms with Gasteiger partial charge in [-0.15, -0.1) is 10.2 Å². The van der Waals surface area contributed by atoms with Gasteiger partial charge < -0.3 is 0 Å². The minimum absolute atomic E-state index is 0.0157. The van der Waals surface area contributed by atoms with E-state index in [0.29, 0.717) is 5.82 Å². The van der Waals surface area contributed by atoms with E-state index in [0.717, 1.165) is 22.0 Å². The van der Waals surface area contributed by atoms with Crippen molar-refractivity contribution in [1.29, 1.82) is 0 Å². The third-order valence-electron chi connectivity index (χ3n) is 4.98. The lowest BCUT2D eigenvalue weighted by Crippen LogP contribution is -2.11. The first-order chi connectivity index (χ1) is 13.7. The Bertz CT molecular complexity index is 1090. The zero-order chi connectivity index (χ0) is 19.5. The van der Waals surface area contributed by atoms with Crippen LogP contribution in [0, 0.1) is 6.92 Å². The Morgan fingerprint density at radius 1 is 0.929 bits per heavy atom. The second kappa shape index (κ2) is 8.07. The van der Waals surface area contributed by atoms with Gasteiger partial charge in [-0.25, -0.2) is 0 Å². The van der Waals surface area contributed by atoms with Crippen molar-refractivity contribution in [3.8, 4) is 22.5 Å². The first kappa shape index (κ1) is 18.6. The Balaban J connectivity index is 1.77. The van der Waals surface area contributed by atoms with E-state index in [1.54, 1.807) is 4.80 Å². The maximum absolute atomic E-state index is 4.74. The molecule has 0 aliphatic carbocycles. The molecule has 0 N–H and O–H groups in total. The molecule has 28 heavy (non-hydrogen) atoms. The van der Waals surface area contributed by atoms with Gasteiger partial charge in [-0.3, -0.25) is 0 Å². The van der Waals surface area contributed by atoms with E-state index in [1.807, 2.05) is 30.3 Å². The SMILES string of the molecule is Cc1ccccc1C(C)n1nnc(-c2cc(CBr)ccc2-c2ccccc2)n1. The van der Waals surface area contributed by atoms with Crippen molar-refractivity contribution < 1.29 is 0 Å². The van der Waals surface area contributed by atoms with Crippen LogP contribution < -0.4 is 0 Å². The normalized spacial score (nSPS) is 12.1. The van der Waals surface area contributed by atoms with Gasteiger partial charge in [0.25, 0.3) is 0 Å². The molecular weight excluding hydrogens is 412 g/mol. The van der Waals surface area contributed by atoms with E-state index in [2.05, 4.69) is 82.6 Å². The van der Waals surface area contributed by atoms with Gasteiger partial charge in [0.1, 0.15) is 0 Å². The minimum atomic E-state index is 0.0157. The van der Waals surface area contributed by atoms with E-state index < -0.39 is 0 Å². The van der Waals surface area contributed by atoms with Crippen LogP contribution >= 0.6 is 15.9 Å². The van der Waals surface area contributed by atoms with E-state index in [9.17, 15) is 0 Å². The predicted octanol–water partition coefficient (Wildman–Crippen LogP) is 5.82.